The molecule has 0 saturated carbocycles. The van der Waals surface area contributed by atoms with Crippen LogP contribution in [0.5, 0.6) is 0 Å². The van der Waals surface area contributed by atoms with Crippen LogP contribution in [0.4, 0.5) is 15.8 Å². The van der Waals surface area contributed by atoms with Crippen LogP contribution >= 0.6 is 0 Å². The molecule has 1 aromatic heterocycles. The smallest absolute Gasteiger partial charge is 0.125 e. The van der Waals surface area contributed by atoms with Crippen LogP contribution in [0.25, 0.3) is 22.2 Å². The van der Waals surface area contributed by atoms with Crippen molar-refractivity contribution in [1.29, 1.82) is 0 Å². The maximum atomic E-state index is 13.9. The second-order valence-corrected chi connectivity index (χ2v) is 7.72. The molecule has 0 saturated heterocycles. The fourth-order valence-corrected chi connectivity index (χ4v) is 3.17. The van der Waals surface area contributed by atoms with Crippen molar-refractivity contribution < 1.29 is 4.39 Å². The second kappa shape index (κ2) is 9.67. The van der Waals surface area contributed by atoms with Gasteiger partial charge >= 0.3 is 0 Å². The molecule has 3 rings (SSSR count). The monoisotopic (exact) mass is 395 g/mol. The molecule has 0 aliphatic heterocycles. The van der Waals surface area contributed by atoms with Crippen molar-refractivity contribution in [2.45, 2.75) is 0 Å². The highest BCUT2D eigenvalue weighted by Gasteiger charge is 2.12. The summed E-state index contributed by atoms with van der Waals surface area (Å²) in [6.07, 6.45) is 0. The van der Waals surface area contributed by atoms with Crippen molar-refractivity contribution in [3.8, 4) is 11.3 Å². The van der Waals surface area contributed by atoms with Gasteiger partial charge in [-0.3, -0.25) is 0 Å². The van der Waals surface area contributed by atoms with Gasteiger partial charge in [0, 0.05) is 48.5 Å². The molecular weight excluding hydrogens is 365 g/mol. The van der Waals surface area contributed by atoms with E-state index in [4.69, 9.17) is 4.98 Å². The number of pyridine rings is 1. The van der Waals surface area contributed by atoms with Gasteiger partial charge in [-0.05, 0) is 58.5 Å². The van der Waals surface area contributed by atoms with Gasteiger partial charge in [-0.15, -0.1) is 0 Å². The molecule has 0 unspecified atom stereocenters. The first-order valence-corrected chi connectivity index (χ1v) is 9.91. The summed E-state index contributed by atoms with van der Waals surface area (Å²) >= 11 is 0. The number of anilines is 2. The molecule has 3 aromatic rings. The molecule has 0 bridgehead atoms. The van der Waals surface area contributed by atoms with Crippen molar-refractivity contribution >= 4 is 22.3 Å². The van der Waals surface area contributed by atoms with E-state index < -0.39 is 0 Å². The van der Waals surface area contributed by atoms with Gasteiger partial charge in [0.1, 0.15) is 5.82 Å². The third-order valence-corrected chi connectivity index (χ3v) is 4.72. The maximum Gasteiger partial charge on any atom is 0.125 e. The van der Waals surface area contributed by atoms with Crippen molar-refractivity contribution in [2.75, 3.05) is 65.0 Å². The fraction of sp³-hybridized carbons (Fsp3) is 0.348. The highest BCUT2D eigenvalue weighted by Crippen LogP contribution is 2.32. The molecule has 6 heteroatoms. The summed E-state index contributed by atoms with van der Waals surface area (Å²) in [6, 6.07) is 15.0. The van der Waals surface area contributed by atoms with Crippen LogP contribution in [0.1, 0.15) is 0 Å². The number of benzene rings is 2. The highest BCUT2D eigenvalue weighted by atomic mass is 19.1. The zero-order valence-electron chi connectivity index (χ0n) is 17.7. The number of aromatic nitrogens is 1. The Labute approximate surface area is 172 Å². The number of halogens is 1. The molecule has 0 atom stereocenters. The lowest BCUT2D eigenvalue weighted by molar-refractivity contribution is 0.425. The minimum Gasteiger partial charge on any atom is -0.383 e. The Hall–Kier alpha value is -2.70. The predicted molar refractivity (Wildman–Crippen MR) is 121 cm³/mol. The van der Waals surface area contributed by atoms with Crippen LogP contribution in [0.15, 0.2) is 48.5 Å². The molecule has 2 N–H and O–H groups in total. The second-order valence-electron chi connectivity index (χ2n) is 7.72. The summed E-state index contributed by atoms with van der Waals surface area (Å²) in [5.41, 5.74) is 4.43. The lowest BCUT2D eigenvalue weighted by Crippen LogP contribution is -2.21. The van der Waals surface area contributed by atoms with Crippen LogP contribution in [0.3, 0.4) is 0 Å². The van der Waals surface area contributed by atoms with Gasteiger partial charge in [-0.1, -0.05) is 18.2 Å². The van der Waals surface area contributed by atoms with E-state index in [2.05, 4.69) is 46.7 Å². The normalized spacial score (nSPS) is 11.4. The third kappa shape index (κ3) is 5.65. The van der Waals surface area contributed by atoms with Gasteiger partial charge in [0.05, 0.1) is 11.2 Å². The number of fused-ring (bicyclic) bond motifs is 1. The summed E-state index contributed by atoms with van der Waals surface area (Å²) in [5, 5.41) is 7.98. The number of nitrogens with one attached hydrogen (secondary N) is 2. The van der Waals surface area contributed by atoms with E-state index in [-0.39, 0.29) is 5.82 Å². The van der Waals surface area contributed by atoms with Crippen LogP contribution in [0, 0.1) is 5.82 Å². The number of hydrogen-bond donors (Lipinski definition) is 2. The van der Waals surface area contributed by atoms with Gasteiger partial charge in [0.25, 0.3) is 0 Å². The zero-order valence-corrected chi connectivity index (χ0v) is 17.7. The Bertz CT molecular complexity index is 955. The van der Waals surface area contributed by atoms with Crippen molar-refractivity contribution in [3.63, 3.8) is 0 Å². The number of likely N-dealkylation sites (N-methyl/N-ethyl adjacent to an activating group) is 2. The van der Waals surface area contributed by atoms with E-state index >= 15 is 0 Å². The van der Waals surface area contributed by atoms with Gasteiger partial charge in [-0.2, -0.15) is 0 Å². The summed E-state index contributed by atoms with van der Waals surface area (Å²) in [5.74, 6) is -0.258. The first kappa shape index (κ1) is 21.0. The molecular formula is C23H30FN5. The molecule has 154 valence electrons. The largest absolute Gasteiger partial charge is 0.383 e. The first-order valence-electron chi connectivity index (χ1n) is 9.91. The van der Waals surface area contributed by atoms with Crippen LogP contribution in [-0.4, -0.2) is 69.2 Å². The molecule has 0 amide bonds. The standard InChI is InChI=1S/C23H30FN5/c1-28(2)13-11-25-21-15-17(24)9-10-19(21)23-16-22(26-12-14-29(3)4)18-7-5-6-8-20(18)27-23/h5-10,15-16,25H,11-14H2,1-4H3,(H,26,27). The quantitative estimate of drug-likeness (QED) is 0.574. The number of nitrogens with zero attached hydrogens (tertiary/aromatic N) is 3. The van der Waals surface area contributed by atoms with E-state index in [1.807, 2.05) is 32.3 Å². The summed E-state index contributed by atoms with van der Waals surface area (Å²) in [6.45, 7) is 3.35. The Morgan fingerprint density at radius 1 is 0.828 bits per heavy atom. The Morgan fingerprint density at radius 3 is 2.17 bits per heavy atom. The van der Waals surface area contributed by atoms with Gasteiger partial charge in [-0.25, -0.2) is 9.37 Å². The third-order valence-electron chi connectivity index (χ3n) is 4.72. The maximum absolute atomic E-state index is 13.9. The van der Waals surface area contributed by atoms with Crippen LogP contribution in [0.2, 0.25) is 0 Å². The summed E-state index contributed by atoms with van der Waals surface area (Å²) in [4.78, 5) is 9.09. The van der Waals surface area contributed by atoms with Crippen LogP contribution in [-0.2, 0) is 0 Å². The SMILES string of the molecule is CN(C)CCNc1cc(F)ccc1-c1cc(NCCN(C)C)c2ccccc2n1. The van der Waals surface area contributed by atoms with E-state index in [9.17, 15) is 4.39 Å². The average molecular weight is 396 g/mol. The molecule has 29 heavy (non-hydrogen) atoms. The fourth-order valence-electron chi connectivity index (χ4n) is 3.17. The minimum atomic E-state index is -0.258. The van der Waals surface area contributed by atoms with E-state index in [0.29, 0.717) is 0 Å². The lowest BCUT2D eigenvalue weighted by atomic mass is 10.1. The predicted octanol–water partition coefficient (Wildman–Crippen LogP) is 3.99. The Balaban J connectivity index is 1.98. The van der Waals surface area contributed by atoms with Crippen molar-refractivity contribution in [3.05, 3.63) is 54.3 Å². The molecule has 0 aliphatic carbocycles. The molecule has 0 radical (unpaired) electrons. The van der Waals surface area contributed by atoms with E-state index in [1.165, 1.54) is 6.07 Å². The van der Waals surface area contributed by atoms with Crippen LogP contribution < -0.4 is 10.6 Å². The van der Waals surface area contributed by atoms with Gasteiger partial charge in [0.15, 0.2) is 0 Å². The summed E-state index contributed by atoms with van der Waals surface area (Å²) in [7, 11) is 8.15. The molecule has 5 nitrogen and oxygen atoms in total. The molecule has 0 fully saturated rings. The van der Waals surface area contributed by atoms with Crippen molar-refractivity contribution in [1.82, 2.24) is 14.8 Å². The number of rotatable bonds is 9. The lowest BCUT2D eigenvalue weighted by Gasteiger charge is -2.17. The van der Waals surface area contributed by atoms with Crippen molar-refractivity contribution in [2.24, 2.45) is 0 Å². The zero-order chi connectivity index (χ0) is 20.8. The van der Waals surface area contributed by atoms with Gasteiger partial charge < -0.3 is 20.4 Å². The van der Waals surface area contributed by atoms with E-state index in [0.717, 1.165) is 59.7 Å². The topological polar surface area (TPSA) is 43.4 Å². The molecule has 0 spiro atoms. The Kier molecular flexibility index (Phi) is 7.01. The highest BCUT2D eigenvalue weighted by molar-refractivity contribution is 5.94. The molecule has 0 aliphatic rings. The number of para-hydroxylation sites is 1. The van der Waals surface area contributed by atoms with Gasteiger partial charge in [0.2, 0.25) is 0 Å². The number of hydrogen-bond acceptors (Lipinski definition) is 5. The summed E-state index contributed by atoms with van der Waals surface area (Å²) < 4.78 is 13.9. The van der Waals surface area contributed by atoms with E-state index in [1.54, 1.807) is 12.1 Å². The Morgan fingerprint density at radius 2 is 1.48 bits per heavy atom. The molecule has 2 aromatic carbocycles. The minimum absolute atomic E-state index is 0.258. The molecule has 1 heterocycles. The average Bonchev–Trinajstić information content (AvgIpc) is 2.67. The first-order chi connectivity index (χ1) is 13.9.